The first kappa shape index (κ1) is 47.6. The summed E-state index contributed by atoms with van der Waals surface area (Å²) in [6.07, 6.45) is 20.4. The highest BCUT2D eigenvalue weighted by Crippen LogP contribution is 2.48. The maximum absolute atomic E-state index is 4.32. The Labute approximate surface area is 318 Å². The fourth-order valence-electron chi connectivity index (χ4n) is 6.73. The van der Waals surface area contributed by atoms with Crippen molar-refractivity contribution in [2.75, 3.05) is 0 Å². The van der Waals surface area contributed by atoms with Crippen LogP contribution >= 0.6 is 0 Å². The zero-order valence-electron chi connectivity index (χ0n) is 36.6. The van der Waals surface area contributed by atoms with Gasteiger partial charge in [0.25, 0.3) is 0 Å². The van der Waals surface area contributed by atoms with Crippen LogP contribution in [0.3, 0.4) is 0 Å². The number of hydrogen-bond acceptors (Lipinski definition) is 0. The Morgan fingerprint density at radius 3 is 1.90 bits per heavy atom. The van der Waals surface area contributed by atoms with E-state index in [1.165, 1.54) is 61.2 Å². The average Bonchev–Trinajstić information content (AvgIpc) is 3.53. The summed E-state index contributed by atoms with van der Waals surface area (Å²) in [5.74, 6) is 0.473. The normalized spacial score (nSPS) is 17.0. The molecule has 0 amide bonds. The molecule has 0 saturated heterocycles. The fraction of sp³-hybridized carbons (Fsp3) is 0.490. The number of benzene rings is 2. The van der Waals surface area contributed by atoms with E-state index in [1.54, 1.807) is 0 Å². The van der Waals surface area contributed by atoms with Crippen LogP contribution in [0.25, 0.3) is 5.57 Å². The molecule has 2 aliphatic carbocycles. The van der Waals surface area contributed by atoms with Crippen molar-refractivity contribution in [3.63, 3.8) is 0 Å². The van der Waals surface area contributed by atoms with Gasteiger partial charge in [-0.25, -0.2) is 0 Å². The number of rotatable bonds is 8. The van der Waals surface area contributed by atoms with E-state index >= 15 is 0 Å². The Bertz CT molecular complexity index is 1570. The SMILES string of the molecule is C/C=C\C=C1/Cc2c(C)cccc2C1(C)C.C=C/C=C(\C=C/C)c1cc(C(C)(C)CC)c2c(c1)C(C)(C)/C(=C/C(=C)C(C)C)C2.CC.CC.CC. The van der Waals surface area contributed by atoms with Crippen LogP contribution in [-0.4, -0.2) is 0 Å². The summed E-state index contributed by atoms with van der Waals surface area (Å²) in [6, 6.07) is 11.5. The van der Waals surface area contributed by atoms with Crippen LogP contribution in [0, 0.1) is 12.8 Å². The first-order valence-corrected chi connectivity index (χ1v) is 20.0. The van der Waals surface area contributed by atoms with Crippen molar-refractivity contribution in [2.45, 2.75) is 160 Å². The molecule has 0 spiro atoms. The van der Waals surface area contributed by atoms with Crippen molar-refractivity contribution in [1.82, 2.24) is 0 Å². The molecule has 0 saturated carbocycles. The molecule has 0 fully saturated rings. The highest BCUT2D eigenvalue weighted by molar-refractivity contribution is 5.77. The van der Waals surface area contributed by atoms with Crippen LogP contribution < -0.4 is 0 Å². The lowest BCUT2D eigenvalue weighted by atomic mass is 9.75. The first-order chi connectivity index (χ1) is 24.1. The van der Waals surface area contributed by atoms with Gasteiger partial charge in [0.05, 0.1) is 0 Å². The van der Waals surface area contributed by atoms with Gasteiger partial charge >= 0.3 is 0 Å². The molecule has 0 aromatic heterocycles. The third-order valence-electron chi connectivity index (χ3n) is 10.5. The largest absolute Gasteiger partial charge is 0.0990 e. The smallest absolute Gasteiger partial charge is 0.0115 e. The maximum atomic E-state index is 4.32. The van der Waals surface area contributed by atoms with E-state index in [4.69, 9.17) is 0 Å². The van der Waals surface area contributed by atoms with E-state index in [2.05, 4.69) is 169 Å². The molecule has 51 heavy (non-hydrogen) atoms. The van der Waals surface area contributed by atoms with E-state index in [-0.39, 0.29) is 16.2 Å². The van der Waals surface area contributed by atoms with Gasteiger partial charge in [-0.1, -0.05) is 207 Å². The second-order valence-electron chi connectivity index (χ2n) is 15.0. The number of fused-ring (bicyclic) bond motifs is 2. The molecule has 4 rings (SSSR count). The quantitative estimate of drug-likeness (QED) is 0.242. The monoisotopic (exact) mass is 691 g/mol. The average molecular weight is 691 g/mol. The number of allylic oxidation sites excluding steroid dienone is 12. The van der Waals surface area contributed by atoms with E-state index in [0.717, 1.165) is 19.3 Å². The minimum absolute atomic E-state index is 0.0109. The second-order valence-corrected chi connectivity index (χ2v) is 15.0. The van der Waals surface area contributed by atoms with Gasteiger partial charge in [-0.3, -0.25) is 0 Å². The summed E-state index contributed by atoms with van der Waals surface area (Å²) in [6.45, 7) is 47.5. The fourth-order valence-corrected chi connectivity index (χ4v) is 6.73. The molecule has 0 heterocycles. The van der Waals surface area contributed by atoms with Crippen molar-refractivity contribution in [1.29, 1.82) is 0 Å². The van der Waals surface area contributed by atoms with Crippen molar-refractivity contribution in [3.05, 3.63) is 148 Å². The van der Waals surface area contributed by atoms with E-state index in [0.29, 0.717) is 5.92 Å². The molecule has 0 unspecified atom stereocenters. The molecule has 282 valence electrons. The summed E-state index contributed by atoms with van der Waals surface area (Å²) >= 11 is 0. The topological polar surface area (TPSA) is 0 Å². The molecule has 2 aromatic rings. The van der Waals surface area contributed by atoms with Gasteiger partial charge in [0.1, 0.15) is 0 Å². The summed E-state index contributed by atoms with van der Waals surface area (Å²) in [7, 11) is 0. The number of hydrogen-bond donors (Lipinski definition) is 0. The minimum Gasteiger partial charge on any atom is -0.0990 e. The molecule has 0 aliphatic heterocycles. The van der Waals surface area contributed by atoms with Crippen LogP contribution in [0.2, 0.25) is 0 Å². The van der Waals surface area contributed by atoms with E-state index in [9.17, 15) is 0 Å². The van der Waals surface area contributed by atoms with Gasteiger partial charge in [-0.15, -0.1) is 0 Å². The third-order valence-corrected chi connectivity index (χ3v) is 10.5. The van der Waals surface area contributed by atoms with Crippen LogP contribution in [0.15, 0.2) is 109 Å². The van der Waals surface area contributed by atoms with Crippen molar-refractivity contribution in [2.24, 2.45) is 5.92 Å². The predicted octanol–water partition coefficient (Wildman–Crippen LogP) is 15.9. The molecule has 0 radical (unpaired) electrons. The Morgan fingerprint density at radius 1 is 0.843 bits per heavy atom. The first-order valence-electron chi connectivity index (χ1n) is 20.0. The number of aryl methyl sites for hydroxylation is 1. The summed E-state index contributed by atoms with van der Waals surface area (Å²) < 4.78 is 0. The van der Waals surface area contributed by atoms with Gasteiger partial charge < -0.3 is 0 Å². The summed E-state index contributed by atoms with van der Waals surface area (Å²) in [4.78, 5) is 0. The van der Waals surface area contributed by atoms with Crippen LogP contribution in [0.4, 0.5) is 0 Å². The zero-order valence-corrected chi connectivity index (χ0v) is 36.6. The van der Waals surface area contributed by atoms with Crippen LogP contribution in [0.5, 0.6) is 0 Å². The summed E-state index contributed by atoms with van der Waals surface area (Å²) in [5, 5.41) is 0. The van der Waals surface area contributed by atoms with E-state index in [1.807, 2.05) is 47.6 Å². The molecule has 2 aromatic carbocycles. The lowest BCUT2D eigenvalue weighted by molar-refractivity contribution is 0.502. The van der Waals surface area contributed by atoms with Gasteiger partial charge in [0, 0.05) is 10.8 Å². The molecule has 0 atom stereocenters. The standard InChI is InChI=1S/C29H40.C16H20.3C2H6/c1-11-14-22(15-12-2)23-17-26(28(7,8)13-3)25-19-24(16-21(6)20(4)5)29(9,10)27(25)18-23;1-5-6-9-13-11-14-12(2)8-7-10-15(14)16(13,3)4;3*1-2/h11-12,14-18,20H,1,6,13,19H2,2-5,7-10H3;5-10H,11H2,1-4H3;3*1-2H3/b15-12-,22-14+,24-16+;6-5-,13-9+;;;. The van der Waals surface area contributed by atoms with Crippen LogP contribution in [-0.2, 0) is 29.1 Å². The molecule has 0 nitrogen and oxygen atoms in total. The molecule has 0 heteroatoms. The second kappa shape index (κ2) is 21.9. The molecule has 0 N–H and O–H groups in total. The maximum Gasteiger partial charge on any atom is 0.0115 e. The zero-order chi connectivity index (χ0) is 39.7. The molecular formula is C51H78. The predicted molar refractivity (Wildman–Crippen MR) is 236 cm³/mol. The molecule has 2 aliphatic rings. The van der Waals surface area contributed by atoms with Crippen molar-refractivity contribution < 1.29 is 0 Å². The van der Waals surface area contributed by atoms with E-state index < -0.39 is 0 Å². The lowest BCUT2D eigenvalue weighted by Gasteiger charge is -2.29. The van der Waals surface area contributed by atoms with Crippen molar-refractivity contribution in [3.8, 4) is 0 Å². The Morgan fingerprint density at radius 2 is 1.41 bits per heavy atom. The van der Waals surface area contributed by atoms with Crippen molar-refractivity contribution >= 4 is 5.57 Å². The minimum atomic E-state index is 0.0109. The Balaban J connectivity index is 0.000000955. The van der Waals surface area contributed by atoms with Gasteiger partial charge in [0.2, 0.25) is 0 Å². The van der Waals surface area contributed by atoms with Gasteiger partial charge in [0.15, 0.2) is 0 Å². The molecular weight excluding hydrogens is 613 g/mol. The lowest BCUT2D eigenvalue weighted by Crippen LogP contribution is -2.20. The molecule has 0 bridgehead atoms. The Hall–Kier alpha value is -3.38. The highest BCUT2D eigenvalue weighted by atomic mass is 14.4. The highest BCUT2D eigenvalue weighted by Gasteiger charge is 2.39. The van der Waals surface area contributed by atoms with Gasteiger partial charge in [-0.2, -0.15) is 0 Å². The van der Waals surface area contributed by atoms with Crippen LogP contribution in [0.1, 0.15) is 163 Å². The Kier molecular flexibility index (Phi) is 20.4. The summed E-state index contributed by atoms with van der Waals surface area (Å²) in [5.41, 5.74) is 16.0. The third kappa shape index (κ3) is 11.6. The van der Waals surface area contributed by atoms with Gasteiger partial charge in [-0.05, 0) is 102 Å².